The molecule has 9 heteroatoms. The smallest absolute Gasteiger partial charge is 0.264 e. The largest absolute Gasteiger partial charge is 0.454 e. The Bertz CT molecular complexity index is 1250. The average Bonchev–Trinajstić information content (AvgIpc) is 3.25. The van der Waals surface area contributed by atoms with Gasteiger partial charge in [-0.15, -0.1) is 0 Å². The van der Waals surface area contributed by atoms with Gasteiger partial charge in [-0.1, -0.05) is 47.5 Å². The third-order valence-electron chi connectivity index (χ3n) is 4.94. The second-order valence-corrected chi connectivity index (χ2v) is 9.51. The van der Waals surface area contributed by atoms with E-state index in [0.29, 0.717) is 11.5 Å². The molecule has 1 N–H and O–H groups in total. The first-order valence-electron chi connectivity index (χ1n) is 9.84. The summed E-state index contributed by atoms with van der Waals surface area (Å²) >= 11 is 6.28. The first-order valence-corrected chi connectivity index (χ1v) is 11.7. The molecule has 0 bridgehead atoms. The molecule has 0 saturated carbocycles. The molecule has 0 radical (unpaired) electrons. The molecule has 1 aliphatic rings. The quantitative estimate of drug-likeness (QED) is 0.564. The number of nitrogens with one attached hydrogen (secondary N) is 1. The van der Waals surface area contributed by atoms with E-state index in [4.69, 9.17) is 21.1 Å². The minimum absolute atomic E-state index is 0.0755. The fourth-order valence-corrected chi connectivity index (χ4v) is 4.96. The van der Waals surface area contributed by atoms with Crippen LogP contribution in [0.1, 0.15) is 11.1 Å². The van der Waals surface area contributed by atoms with Crippen molar-refractivity contribution in [2.45, 2.75) is 18.4 Å². The van der Waals surface area contributed by atoms with Crippen molar-refractivity contribution in [3.05, 3.63) is 82.9 Å². The first kappa shape index (κ1) is 22.0. The summed E-state index contributed by atoms with van der Waals surface area (Å²) in [5.41, 5.74) is 1.95. The molecule has 4 rings (SSSR count). The Morgan fingerprint density at radius 3 is 2.50 bits per heavy atom. The summed E-state index contributed by atoms with van der Waals surface area (Å²) in [5, 5.41) is 2.99. The maximum absolute atomic E-state index is 13.4. The summed E-state index contributed by atoms with van der Waals surface area (Å²) in [5.74, 6) is 0.781. The molecule has 1 heterocycles. The van der Waals surface area contributed by atoms with Crippen molar-refractivity contribution in [2.24, 2.45) is 0 Å². The van der Waals surface area contributed by atoms with Crippen LogP contribution >= 0.6 is 11.6 Å². The number of halogens is 1. The number of fused-ring (bicyclic) bond motifs is 1. The topological polar surface area (TPSA) is 84.9 Å². The molecule has 0 unspecified atom stereocenters. The molecule has 0 saturated heterocycles. The number of nitrogens with zero attached hydrogens (tertiary/aromatic N) is 1. The van der Waals surface area contributed by atoms with Gasteiger partial charge in [0.2, 0.25) is 12.7 Å². The lowest BCUT2D eigenvalue weighted by Gasteiger charge is -2.25. The van der Waals surface area contributed by atoms with Gasteiger partial charge in [-0.25, -0.2) is 8.42 Å². The van der Waals surface area contributed by atoms with E-state index in [1.165, 1.54) is 12.1 Å². The number of benzene rings is 3. The zero-order valence-electron chi connectivity index (χ0n) is 17.2. The Morgan fingerprint density at radius 2 is 1.75 bits per heavy atom. The van der Waals surface area contributed by atoms with Gasteiger partial charge in [0, 0.05) is 6.54 Å². The van der Waals surface area contributed by atoms with Crippen LogP contribution in [0.2, 0.25) is 5.02 Å². The lowest BCUT2D eigenvalue weighted by atomic mass is 10.2. The summed E-state index contributed by atoms with van der Waals surface area (Å²) in [6.07, 6.45) is 0. The van der Waals surface area contributed by atoms with Gasteiger partial charge < -0.3 is 14.8 Å². The number of rotatable bonds is 7. The first-order chi connectivity index (χ1) is 15.3. The van der Waals surface area contributed by atoms with Crippen molar-refractivity contribution in [3.63, 3.8) is 0 Å². The van der Waals surface area contributed by atoms with Crippen molar-refractivity contribution < 1.29 is 22.7 Å². The molecule has 7 nitrogen and oxygen atoms in total. The van der Waals surface area contributed by atoms with Crippen LogP contribution in [0, 0.1) is 6.92 Å². The summed E-state index contributed by atoms with van der Waals surface area (Å²) < 4.78 is 38.4. The Kier molecular flexibility index (Phi) is 6.25. The monoisotopic (exact) mass is 472 g/mol. The van der Waals surface area contributed by atoms with Gasteiger partial charge in [0.05, 0.1) is 15.6 Å². The fourth-order valence-electron chi connectivity index (χ4n) is 3.23. The zero-order chi connectivity index (χ0) is 22.7. The van der Waals surface area contributed by atoms with E-state index in [0.717, 1.165) is 15.4 Å². The summed E-state index contributed by atoms with van der Waals surface area (Å²) in [6.45, 7) is 1.81. The number of carbonyl (C=O) groups excluding carboxylic acids is 1. The fraction of sp³-hybridized carbons (Fsp3) is 0.174. The molecular weight excluding hydrogens is 452 g/mol. The van der Waals surface area contributed by atoms with Gasteiger partial charge in [0.1, 0.15) is 6.54 Å². The highest BCUT2D eigenvalue weighted by atomic mass is 35.5. The Balaban J connectivity index is 1.56. The van der Waals surface area contributed by atoms with E-state index >= 15 is 0 Å². The van der Waals surface area contributed by atoms with Crippen LogP contribution in [0.3, 0.4) is 0 Å². The number of carbonyl (C=O) groups is 1. The normalized spacial score (nSPS) is 12.4. The predicted octanol–water partition coefficient (Wildman–Crippen LogP) is 3.89. The molecule has 0 spiro atoms. The number of para-hydroxylation sites is 1. The van der Waals surface area contributed by atoms with Crippen LogP contribution in [-0.2, 0) is 21.4 Å². The van der Waals surface area contributed by atoms with Crippen LogP contribution in [0.4, 0.5) is 5.69 Å². The summed E-state index contributed by atoms with van der Waals surface area (Å²) in [6, 6.07) is 18.3. The third kappa shape index (κ3) is 4.66. The lowest BCUT2D eigenvalue weighted by molar-refractivity contribution is -0.119. The van der Waals surface area contributed by atoms with Crippen molar-refractivity contribution in [1.29, 1.82) is 0 Å². The number of hydrogen-bond acceptors (Lipinski definition) is 5. The van der Waals surface area contributed by atoms with E-state index in [9.17, 15) is 13.2 Å². The van der Waals surface area contributed by atoms with Crippen LogP contribution in [0.25, 0.3) is 0 Å². The minimum atomic E-state index is -4.03. The zero-order valence-corrected chi connectivity index (χ0v) is 18.8. The lowest BCUT2D eigenvalue weighted by Crippen LogP contribution is -2.40. The highest BCUT2D eigenvalue weighted by Crippen LogP contribution is 2.33. The molecule has 32 heavy (non-hydrogen) atoms. The number of hydrogen-bond donors (Lipinski definition) is 1. The molecule has 3 aromatic carbocycles. The van der Waals surface area contributed by atoms with Crippen LogP contribution < -0.4 is 19.1 Å². The Morgan fingerprint density at radius 1 is 1.03 bits per heavy atom. The number of sulfonamides is 1. The van der Waals surface area contributed by atoms with E-state index in [-0.39, 0.29) is 28.9 Å². The molecular formula is C23H21ClN2O5S. The van der Waals surface area contributed by atoms with Crippen molar-refractivity contribution in [3.8, 4) is 11.5 Å². The molecule has 0 fully saturated rings. The third-order valence-corrected chi connectivity index (χ3v) is 7.04. The van der Waals surface area contributed by atoms with Gasteiger partial charge in [0.15, 0.2) is 11.5 Å². The van der Waals surface area contributed by atoms with Crippen LogP contribution in [0.15, 0.2) is 71.6 Å². The van der Waals surface area contributed by atoms with E-state index < -0.39 is 22.5 Å². The number of aryl methyl sites for hydroxylation is 1. The van der Waals surface area contributed by atoms with Gasteiger partial charge in [0.25, 0.3) is 10.0 Å². The predicted molar refractivity (Wildman–Crippen MR) is 122 cm³/mol. The second kappa shape index (κ2) is 9.10. The number of ether oxygens (including phenoxy) is 2. The molecule has 166 valence electrons. The van der Waals surface area contributed by atoms with Crippen molar-refractivity contribution in [1.82, 2.24) is 5.32 Å². The van der Waals surface area contributed by atoms with Crippen molar-refractivity contribution in [2.75, 3.05) is 17.6 Å². The number of anilines is 1. The summed E-state index contributed by atoms with van der Waals surface area (Å²) in [4.78, 5) is 12.8. The van der Waals surface area contributed by atoms with Crippen LogP contribution in [-0.4, -0.2) is 27.7 Å². The Labute approximate surface area is 191 Å². The van der Waals surface area contributed by atoms with E-state index in [2.05, 4.69) is 5.32 Å². The van der Waals surface area contributed by atoms with Crippen molar-refractivity contribution >= 4 is 33.2 Å². The Hall–Kier alpha value is -3.23. The maximum Gasteiger partial charge on any atom is 0.264 e. The highest BCUT2D eigenvalue weighted by molar-refractivity contribution is 7.92. The molecule has 3 aromatic rings. The standard InChI is InChI=1S/C23H21ClN2O5S/c1-16-6-9-18(10-7-16)32(28,29)26(20-5-3-2-4-19(20)24)14-23(27)25-13-17-8-11-21-22(12-17)31-15-30-21/h2-12H,13-15H2,1H3,(H,25,27). The van der Waals surface area contributed by atoms with E-state index in [1.807, 2.05) is 13.0 Å². The maximum atomic E-state index is 13.4. The minimum Gasteiger partial charge on any atom is -0.454 e. The molecule has 0 aliphatic carbocycles. The van der Waals surface area contributed by atoms with Gasteiger partial charge >= 0.3 is 0 Å². The van der Waals surface area contributed by atoms with E-state index in [1.54, 1.807) is 48.5 Å². The number of amides is 1. The second-order valence-electron chi connectivity index (χ2n) is 7.24. The molecule has 0 atom stereocenters. The van der Waals surface area contributed by atoms with Gasteiger partial charge in [-0.05, 0) is 48.9 Å². The SMILES string of the molecule is Cc1ccc(S(=O)(=O)N(CC(=O)NCc2ccc3c(c2)OCO3)c2ccccc2Cl)cc1. The molecule has 1 aliphatic heterocycles. The highest BCUT2D eigenvalue weighted by Gasteiger charge is 2.28. The van der Waals surface area contributed by atoms with Gasteiger partial charge in [-0.3, -0.25) is 9.10 Å². The van der Waals surface area contributed by atoms with Gasteiger partial charge in [-0.2, -0.15) is 0 Å². The molecule has 1 amide bonds. The summed E-state index contributed by atoms with van der Waals surface area (Å²) in [7, 11) is -4.03. The molecule has 0 aromatic heterocycles. The average molecular weight is 473 g/mol. The van der Waals surface area contributed by atoms with Crippen LogP contribution in [0.5, 0.6) is 11.5 Å².